The molecule has 94 valence electrons. The second-order valence-corrected chi connectivity index (χ2v) is 5.00. The number of hydrogen-bond acceptors (Lipinski definition) is 4. The number of para-hydroxylation sites is 2. The molecule has 0 saturated heterocycles. The molecule has 0 spiro atoms. The standard InChI is InChI=1S/C11H12N4O2S/c1-6(9(16)15-10(12)17)18-11-13-7-4-2-3-5-8(7)14-11/h2-6H,1H3,(H,13,14)(H3,12,15,16,17)/t6-/m0/s1. The highest BCUT2D eigenvalue weighted by Crippen LogP contribution is 2.23. The molecule has 0 radical (unpaired) electrons. The predicted molar refractivity (Wildman–Crippen MR) is 69.1 cm³/mol. The van der Waals surface area contributed by atoms with Gasteiger partial charge in [-0.25, -0.2) is 9.78 Å². The van der Waals surface area contributed by atoms with E-state index in [1.807, 2.05) is 29.6 Å². The summed E-state index contributed by atoms with van der Waals surface area (Å²) in [4.78, 5) is 29.5. The van der Waals surface area contributed by atoms with E-state index >= 15 is 0 Å². The monoisotopic (exact) mass is 264 g/mol. The summed E-state index contributed by atoms with van der Waals surface area (Å²) in [6.45, 7) is 1.68. The molecule has 0 aliphatic rings. The first kappa shape index (κ1) is 12.4. The molecule has 6 nitrogen and oxygen atoms in total. The van der Waals surface area contributed by atoms with Gasteiger partial charge in [-0.15, -0.1) is 0 Å². The second-order valence-electron chi connectivity index (χ2n) is 3.67. The van der Waals surface area contributed by atoms with E-state index in [0.717, 1.165) is 11.0 Å². The van der Waals surface area contributed by atoms with Crippen LogP contribution in [0.25, 0.3) is 11.0 Å². The van der Waals surface area contributed by atoms with Crippen LogP contribution in [0, 0.1) is 0 Å². The lowest BCUT2D eigenvalue weighted by atomic mass is 10.3. The average Bonchev–Trinajstić information content (AvgIpc) is 2.69. The molecule has 0 unspecified atom stereocenters. The third-order valence-electron chi connectivity index (χ3n) is 2.27. The van der Waals surface area contributed by atoms with Crippen LogP contribution in [0.1, 0.15) is 6.92 Å². The van der Waals surface area contributed by atoms with Crippen molar-refractivity contribution < 1.29 is 9.59 Å². The fraction of sp³-hybridized carbons (Fsp3) is 0.182. The molecule has 1 aromatic heterocycles. The molecule has 3 amide bonds. The first-order chi connectivity index (χ1) is 8.56. The van der Waals surface area contributed by atoms with E-state index in [0.29, 0.717) is 5.16 Å². The maximum atomic E-state index is 11.5. The van der Waals surface area contributed by atoms with Gasteiger partial charge < -0.3 is 10.7 Å². The minimum absolute atomic E-state index is 0.437. The van der Waals surface area contributed by atoms with Crippen LogP contribution in [-0.2, 0) is 4.79 Å². The van der Waals surface area contributed by atoms with Gasteiger partial charge in [0.05, 0.1) is 16.3 Å². The Morgan fingerprint density at radius 2 is 2.17 bits per heavy atom. The summed E-state index contributed by atoms with van der Waals surface area (Å²) in [7, 11) is 0. The summed E-state index contributed by atoms with van der Waals surface area (Å²) in [5, 5.41) is 2.20. The molecule has 0 bridgehead atoms. The summed E-state index contributed by atoms with van der Waals surface area (Å²) in [6, 6.07) is 6.72. The van der Waals surface area contributed by atoms with E-state index in [4.69, 9.17) is 5.73 Å². The van der Waals surface area contributed by atoms with E-state index in [2.05, 4.69) is 9.97 Å². The number of nitrogens with two attached hydrogens (primary N) is 1. The van der Waals surface area contributed by atoms with Gasteiger partial charge in [-0.05, 0) is 19.1 Å². The van der Waals surface area contributed by atoms with Gasteiger partial charge in [-0.1, -0.05) is 23.9 Å². The molecule has 4 N–H and O–H groups in total. The lowest BCUT2D eigenvalue weighted by Crippen LogP contribution is -2.39. The highest BCUT2D eigenvalue weighted by Gasteiger charge is 2.17. The number of rotatable bonds is 3. The van der Waals surface area contributed by atoms with Crippen LogP contribution in [0.15, 0.2) is 29.4 Å². The number of hydrogen-bond donors (Lipinski definition) is 3. The van der Waals surface area contributed by atoms with Gasteiger partial charge in [-0.3, -0.25) is 10.1 Å². The third-order valence-corrected chi connectivity index (χ3v) is 3.26. The molecule has 7 heteroatoms. The van der Waals surface area contributed by atoms with E-state index in [1.54, 1.807) is 6.92 Å². The normalized spacial score (nSPS) is 12.3. The van der Waals surface area contributed by atoms with Gasteiger partial charge in [0.1, 0.15) is 0 Å². The Bertz CT molecular complexity index is 562. The number of benzene rings is 1. The number of imide groups is 1. The van der Waals surface area contributed by atoms with Crippen molar-refractivity contribution in [3.8, 4) is 0 Å². The van der Waals surface area contributed by atoms with Crippen LogP contribution in [-0.4, -0.2) is 27.2 Å². The summed E-state index contributed by atoms with van der Waals surface area (Å²) >= 11 is 1.23. The fourth-order valence-corrected chi connectivity index (χ4v) is 2.25. The molecule has 0 saturated carbocycles. The molecule has 1 aromatic carbocycles. The van der Waals surface area contributed by atoms with Crippen molar-refractivity contribution in [1.82, 2.24) is 15.3 Å². The lowest BCUT2D eigenvalue weighted by molar-refractivity contribution is -0.119. The first-order valence-electron chi connectivity index (χ1n) is 5.28. The van der Waals surface area contributed by atoms with E-state index in [1.165, 1.54) is 11.8 Å². The number of amides is 3. The number of carbonyl (C=O) groups excluding carboxylic acids is 2. The second kappa shape index (κ2) is 5.09. The molecule has 2 rings (SSSR count). The number of imidazole rings is 1. The average molecular weight is 264 g/mol. The Labute approximate surface area is 107 Å². The summed E-state index contributed by atoms with van der Waals surface area (Å²) in [5.41, 5.74) is 6.62. The van der Waals surface area contributed by atoms with Gasteiger partial charge in [0.2, 0.25) is 5.91 Å². The highest BCUT2D eigenvalue weighted by atomic mass is 32.2. The summed E-state index contributed by atoms with van der Waals surface area (Å²) in [5.74, 6) is -0.437. The Morgan fingerprint density at radius 1 is 1.44 bits per heavy atom. The molecule has 18 heavy (non-hydrogen) atoms. The van der Waals surface area contributed by atoms with Gasteiger partial charge in [-0.2, -0.15) is 0 Å². The molecule has 0 fully saturated rings. The van der Waals surface area contributed by atoms with Crippen LogP contribution < -0.4 is 11.1 Å². The van der Waals surface area contributed by atoms with Crippen molar-refractivity contribution in [1.29, 1.82) is 0 Å². The number of nitrogens with zero attached hydrogens (tertiary/aromatic N) is 1. The Hall–Kier alpha value is -2.02. The van der Waals surface area contributed by atoms with Gasteiger partial charge >= 0.3 is 6.03 Å². The van der Waals surface area contributed by atoms with Crippen molar-refractivity contribution in [3.63, 3.8) is 0 Å². The first-order valence-corrected chi connectivity index (χ1v) is 6.16. The Balaban J connectivity index is 2.09. The smallest absolute Gasteiger partial charge is 0.318 e. The maximum absolute atomic E-state index is 11.5. The van der Waals surface area contributed by atoms with Gasteiger partial charge in [0.25, 0.3) is 0 Å². The number of H-pyrrole nitrogens is 1. The van der Waals surface area contributed by atoms with Gasteiger partial charge in [0, 0.05) is 0 Å². The topological polar surface area (TPSA) is 101 Å². The van der Waals surface area contributed by atoms with Crippen molar-refractivity contribution in [2.75, 3.05) is 0 Å². The molecule has 1 atom stereocenters. The van der Waals surface area contributed by atoms with Crippen molar-refractivity contribution in [2.45, 2.75) is 17.3 Å². The lowest BCUT2D eigenvalue weighted by Gasteiger charge is -2.07. The van der Waals surface area contributed by atoms with E-state index in [-0.39, 0.29) is 0 Å². The highest BCUT2D eigenvalue weighted by molar-refractivity contribution is 8.00. The fourth-order valence-electron chi connectivity index (χ4n) is 1.43. The number of nitrogens with one attached hydrogen (secondary N) is 2. The Morgan fingerprint density at radius 3 is 2.83 bits per heavy atom. The third kappa shape index (κ3) is 2.80. The number of primary amides is 1. The maximum Gasteiger partial charge on any atom is 0.318 e. The largest absolute Gasteiger partial charge is 0.351 e. The Kier molecular flexibility index (Phi) is 3.52. The summed E-state index contributed by atoms with van der Waals surface area (Å²) < 4.78 is 0. The van der Waals surface area contributed by atoms with Crippen LogP contribution in [0.3, 0.4) is 0 Å². The van der Waals surface area contributed by atoms with Gasteiger partial charge in [0.15, 0.2) is 5.16 Å². The van der Waals surface area contributed by atoms with E-state index in [9.17, 15) is 9.59 Å². The number of fused-ring (bicyclic) bond motifs is 1. The summed E-state index contributed by atoms with van der Waals surface area (Å²) in [6.07, 6.45) is 0. The van der Waals surface area contributed by atoms with Crippen molar-refractivity contribution in [3.05, 3.63) is 24.3 Å². The minimum Gasteiger partial charge on any atom is -0.351 e. The number of aromatic nitrogens is 2. The zero-order valence-corrected chi connectivity index (χ0v) is 10.5. The van der Waals surface area contributed by atoms with Crippen LogP contribution >= 0.6 is 11.8 Å². The van der Waals surface area contributed by atoms with Crippen LogP contribution in [0.5, 0.6) is 0 Å². The number of carbonyl (C=O) groups is 2. The molecule has 0 aliphatic carbocycles. The molecule has 2 aromatic rings. The quantitative estimate of drug-likeness (QED) is 0.726. The minimum atomic E-state index is -0.850. The van der Waals surface area contributed by atoms with Crippen molar-refractivity contribution in [2.24, 2.45) is 5.73 Å². The number of thioether (sulfide) groups is 1. The molecule has 1 heterocycles. The van der Waals surface area contributed by atoms with Crippen molar-refractivity contribution >= 4 is 34.7 Å². The zero-order valence-electron chi connectivity index (χ0n) is 9.64. The zero-order chi connectivity index (χ0) is 13.1. The predicted octanol–water partition coefficient (Wildman–Crippen LogP) is 1.24. The molecule has 0 aliphatic heterocycles. The SMILES string of the molecule is C[C@H](Sc1nc2ccccc2[nH]1)C(=O)NC(N)=O. The number of aromatic amines is 1. The van der Waals surface area contributed by atoms with E-state index < -0.39 is 17.2 Å². The van der Waals surface area contributed by atoms with Crippen LogP contribution in [0.4, 0.5) is 4.79 Å². The van der Waals surface area contributed by atoms with Crippen LogP contribution in [0.2, 0.25) is 0 Å². The number of urea groups is 1. The molecular formula is C11H12N4O2S. The molecular weight excluding hydrogens is 252 g/mol.